The molecule has 0 saturated carbocycles. The van der Waals surface area contributed by atoms with Gasteiger partial charge in [-0.3, -0.25) is 9.69 Å². The molecule has 1 saturated heterocycles. The number of halogens is 1. The van der Waals surface area contributed by atoms with Gasteiger partial charge in [0.15, 0.2) is 0 Å². The minimum absolute atomic E-state index is 0.157. The van der Waals surface area contributed by atoms with E-state index in [2.05, 4.69) is 44.2 Å². The summed E-state index contributed by atoms with van der Waals surface area (Å²) in [6.45, 7) is 9.76. The van der Waals surface area contributed by atoms with E-state index >= 15 is 0 Å². The first kappa shape index (κ1) is 31.5. The number of carbonyl (C=O) groups is 1. The summed E-state index contributed by atoms with van der Waals surface area (Å²) in [5, 5.41) is 11.2. The van der Waals surface area contributed by atoms with Crippen molar-refractivity contribution in [2.75, 3.05) is 25.4 Å². The quantitative estimate of drug-likeness (QED) is 0.183. The molecule has 0 aromatic heterocycles. The largest absolute Gasteiger partial charge is 0.466 e. The highest BCUT2D eigenvalue weighted by Gasteiger charge is 2.29. The van der Waals surface area contributed by atoms with Crippen LogP contribution in [0.25, 0.3) is 0 Å². The van der Waals surface area contributed by atoms with E-state index in [1.165, 1.54) is 10.7 Å². The van der Waals surface area contributed by atoms with Gasteiger partial charge in [0.1, 0.15) is 6.23 Å². The van der Waals surface area contributed by atoms with Crippen LogP contribution in [0.1, 0.15) is 66.2 Å². The molecular formula is C29H44ClNO3S. The Hall–Kier alpha value is -1.53. The molecule has 2 unspecified atom stereocenters. The van der Waals surface area contributed by atoms with Gasteiger partial charge in [-0.05, 0) is 67.8 Å². The fourth-order valence-electron chi connectivity index (χ4n) is 3.68. The van der Waals surface area contributed by atoms with E-state index in [0.717, 1.165) is 55.7 Å². The maximum Gasteiger partial charge on any atom is 0.310 e. The van der Waals surface area contributed by atoms with Crippen molar-refractivity contribution in [3.8, 4) is 0 Å². The molecule has 6 heteroatoms. The van der Waals surface area contributed by atoms with Crippen molar-refractivity contribution in [2.24, 2.45) is 5.92 Å². The Morgan fingerprint density at radius 1 is 1.26 bits per heavy atom. The second-order valence-corrected chi connectivity index (χ2v) is 10.1. The molecule has 1 fully saturated rings. The summed E-state index contributed by atoms with van der Waals surface area (Å²) in [5.74, 6) is 0.850. The van der Waals surface area contributed by atoms with Crippen LogP contribution in [0.2, 0.25) is 0 Å². The molecule has 2 rings (SSSR count). The SMILES string of the molecule is CCS/C1=C/C=C\CC=CC1.CC\C=C/C(/C=C/C(O)N1CCCC(C(=O)OCC)C1)=C(/Cl)CC. The Kier molecular flexibility index (Phi) is 17.7. The molecule has 0 radical (unpaired) electrons. The van der Waals surface area contributed by atoms with Crippen molar-refractivity contribution in [1.29, 1.82) is 0 Å². The minimum Gasteiger partial charge on any atom is -0.466 e. The molecule has 2 aliphatic rings. The van der Waals surface area contributed by atoms with Gasteiger partial charge in [0, 0.05) is 18.1 Å². The van der Waals surface area contributed by atoms with Crippen LogP contribution < -0.4 is 0 Å². The van der Waals surface area contributed by atoms with Gasteiger partial charge in [0.05, 0.1) is 12.5 Å². The summed E-state index contributed by atoms with van der Waals surface area (Å²) < 4.78 is 5.10. The van der Waals surface area contributed by atoms with Gasteiger partial charge >= 0.3 is 5.97 Å². The number of hydrogen-bond donors (Lipinski definition) is 1. The number of carbonyl (C=O) groups excluding carboxylic acids is 1. The van der Waals surface area contributed by atoms with Gasteiger partial charge in [-0.2, -0.15) is 0 Å². The van der Waals surface area contributed by atoms with Crippen molar-refractivity contribution < 1.29 is 14.6 Å². The second kappa shape index (κ2) is 19.6. The summed E-state index contributed by atoms with van der Waals surface area (Å²) in [6, 6.07) is 0. The zero-order valence-corrected chi connectivity index (χ0v) is 23.5. The molecule has 4 nitrogen and oxygen atoms in total. The van der Waals surface area contributed by atoms with E-state index in [9.17, 15) is 9.90 Å². The predicted molar refractivity (Wildman–Crippen MR) is 152 cm³/mol. The third-order valence-corrected chi connectivity index (χ3v) is 7.01. The monoisotopic (exact) mass is 521 g/mol. The minimum atomic E-state index is -0.728. The number of thioether (sulfide) groups is 1. The normalized spacial score (nSPS) is 22.9. The van der Waals surface area contributed by atoms with Crippen molar-refractivity contribution in [3.63, 3.8) is 0 Å². The molecule has 196 valence electrons. The fraction of sp³-hybridized carbons (Fsp3) is 0.552. The number of likely N-dealkylation sites (tertiary alicyclic amines) is 1. The molecule has 1 N–H and O–H groups in total. The first-order valence-electron chi connectivity index (χ1n) is 12.9. The van der Waals surface area contributed by atoms with E-state index in [-0.39, 0.29) is 11.9 Å². The van der Waals surface area contributed by atoms with E-state index in [4.69, 9.17) is 16.3 Å². The summed E-state index contributed by atoms with van der Waals surface area (Å²) in [6.07, 6.45) is 23.5. The van der Waals surface area contributed by atoms with Crippen LogP contribution in [0, 0.1) is 5.92 Å². The van der Waals surface area contributed by atoms with Crippen molar-refractivity contribution in [2.45, 2.75) is 72.4 Å². The molecule has 0 aromatic carbocycles. The Balaban J connectivity index is 0.000000462. The van der Waals surface area contributed by atoms with E-state index in [0.29, 0.717) is 13.2 Å². The number of aliphatic hydroxyl groups excluding tert-OH is 1. The van der Waals surface area contributed by atoms with Crippen LogP contribution >= 0.6 is 23.4 Å². The topological polar surface area (TPSA) is 49.8 Å². The van der Waals surface area contributed by atoms with Crippen LogP contribution in [0.4, 0.5) is 0 Å². The highest BCUT2D eigenvalue weighted by molar-refractivity contribution is 8.03. The summed E-state index contributed by atoms with van der Waals surface area (Å²) in [4.78, 5) is 15.3. The van der Waals surface area contributed by atoms with Gasteiger partial charge in [-0.15, -0.1) is 11.8 Å². The lowest BCUT2D eigenvalue weighted by Gasteiger charge is -2.33. The Morgan fingerprint density at radius 2 is 2.06 bits per heavy atom. The smallest absolute Gasteiger partial charge is 0.310 e. The van der Waals surface area contributed by atoms with E-state index < -0.39 is 6.23 Å². The first-order chi connectivity index (χ1) is 17.0. The lowest BCUT2D eigenvalue weighted by atomic mass is 9.98. The van der Waals surface area contributed by atoms with Gasteiger partial charge in [0.2, 0.25) is 0 Å². The second-order valence-electron chi connectivity index (χ2n) is 8.29. The number of nitrogens with zero attached hydrogens (tertiary/aromatic N) is 1. The van der Waals surface area contributed by atoms with Gasteiger partial charge in [-0.25, -0.2) is 0 Å². The van der Waals surface area contributed by atoms with Crippen molar-refractivity contribution in [3.05, 3.63) is 70.2 Å². The standard InChI is InChI=1S/C19H30ClNO3.C10H14S/c1-4-7-9-15(17(20)5-2)11-12-18(22)21-13-8-10-16(14-21)19(23)24-6-3;1-2-11-10-8-6-4-3-5-7-9-10/h7,9,11-12,16,18,22H,4-6,8,10,13-14H2,1-3H3;4-8H,2-3,9H2,1H3/b9-7-,12-11+,17-15-;6-4-,7-5?,10-8+. The molecule has 35 heavy (non-hydrogen) atoms. The zero-order valence-electron chi connectivity index (χ0n) is 21.9. The highest BCUT2D eigenvalue weighted by atomic mass is 35.5. The Bertz CT molecular complexity index is 798. The lowest BCUT2D eigenvalue weighted by Crippen LogP contribution is -2.44. The van der Waals surface area contributed by atoms with Crippen LogP contribution in [0.5, 0.6) is 0 Å². The number of rotatable bonds is 10. The first-order valence-corrected chi connectivity index (χ1v) is 14.3. The molecule has 0 bridgehead atoms. The van der Waals surface area contributed by atoms with Crippen LogP contribution in [0.3, 0.4) is 0 Å². The number of aliphatic hydroxyl groups is 1. The molecule has 0 aromatic rings. The lowest BCUT2D eigenvalue weighted by molar-refractivity contribution is -0.151. The molecular weight excluding hydrogens is 478 g/mol. The molecule has 0 amide bonds. The average Bonchev–Trinajstić information content (AvgIpc) is 2.85. The Morgan fingerprint density at radius 3 is 2.74 bits per heavy atom. The van der Waals surface area contributed by atoms with Crippen LogP contribution in [0.15, 0.2) is 70.2 Å². The van der Waals surface area contributed by atoms with E-state index in [1.54, 1.807) is 6.08 Å². The highest BCUT2D eigenvalue weighted by Crippen LogP contribution is 2.22. The molecule has 1 aliphatic carbocycles. The van der Waals surface area contributed by atoms with Crippen LogP contribution in [-0.2, 0) is 9.53 Å². The predicted octanol–water partition coefficient (Wildman–Crippen LogP) is 7.53. The van der Waals surface area contributed by atoms with Crippen molar-refractivity contribution >= 4 is 29.3 Å². The third-order valence-electron chi connectivity index (χ3n) is 5.56. The van der Waals surface area contributed by atoms with Gasteiger partial charge in [0.25, 0.3) is 0 Å². The maximum atomic E-state index is 11.9. The number of esters is 1. The third kappa shape index (κ3) is 13.4. The average molecular weight is 522 g/mol. The molecule has 1 heterocycles. The zero-order chi connectivity index (χ0) is 25.9. The number of piperidine rings is 1. The number of ether oxygens (including phenoxy) is 1. The Labute approximate surface area is 222 Å². The summed E-state index contributed by atoms with van der Waals surface area (Å²) >= 11 is 8.19. The van der Waals surface area contributed by atoms with Gasteiger partial charge in [-0.1, -0.05) is 81.0 Å². The van der Waals surface area contributed by atoms with Crippen LogP contribution in [-0.4, -0.2) is 47.7 Å². The maximum absolute atomic E-state index is 11.9. The molecule has 0 spiro atoms. The fourth-order valence-corrected chi connectivity index (χ4v) is 4.57. The van der Waals surface area contributed by atoms with Gasteiger partial charge < -0.3 is 9.84 Å². The molecule has 2 atom stereocenters. The number of hydrogen-bond acceptors (Lipinski definition) is 5. The summed E-state index contributed by atoms with van der Waals surface area (Å²) in [7, 11) is 0. The number of allylic oxidation sites excluding steroid dienone is 11. The summed E-state index contributed by atoms with van der Waals surface area (Å²) in [5.41, 5.74) is 0.916. The molecule has 1 aliphatic heterocycles. The van der Waals surface area contributed by atoms with Crippen molar-refractivity contribution in [1.82, 2.24) is 4.90 Å². The van der Waals surface area contributed by atoms with E-state index in [1.807, 2.05) is 48.7 Å².